The highest BCUT2D eigenvalue weighted by Gasteiger charge is 2.27. The SMILES string of the molecule is CC/C=C\C/C=C\C/C=C\C/C=C\C/C=C\C/C=C\CCCCCCCCC(=O)NC(COP(=O)(O)OCC[N+](C)(C)C)C(O)/C=C/CC/C=C/CCCCCCCCC. The zero-order chi connectivity index (χ0) is 44.3. The van der Waals surface area contributed by atoms with Crippen molar-refractivity contribution >= 4 is 13.7 Å². The van der Waals surface area contributed by atoms with Crippen LogP contribution in [0.3, 0.4) is 0 Å². The van der Waals surface area contributed by atoms with Gasteiger partial charge in [0.15, 0.2) is 0 Å². The summed E-state index contributed by atoms with van der Waals surface area (Å²) in [5.41, 5.74) is 0. The highest BCUT2D eigenvalue weighted by atomic mass is 31.2. The number of nitrogens with one attached hydrogen (secondary N) is 1. The molecule has 9 heteroatoms. The molecule has 0 saturated heterocycles. The van der Waals surface area contributed by atoms with Crippen molar-refractivity contribution in [2.24, 2.45) is 0 Å². The van der Waals surface area contributed by atoms with Gasteiger partial charge in [0.05, 0.1) is 39.9 Å². The second-order valence-electron chi connectivity index (χ2n) is 16.7. The second-order valence-corrected chi connectivity index (χ2v) is 18.2. The molecule has 3 atom stereocenters. The van der Waals surface area contributed by atoms with Gasteiger partial charge in [-0.1, -0.05) is 175 Å². The minimum Gasteiger partial charge on any atom is -0.387 e. The Kier molecular flexibility index (Phi) is 40.0. The van der Waals surface area contributed by atoms with Crippen LogP contribution in [0.4, 0.5) is 0 Å². The lowest BCUT2D eigenvalue weighted by atomic mass is 10.1. The fourth-order valence-corrected chi connectivity index (χ4v) is 6.79. The Morgan fingerprint density at radius 1 is 0.583 bits per heavy atom. The number of hydrogen-bond donors (Lipinski definition) is 3. The summed E-state index contributed by atoms with van der Waals surface area (Å²) in [6, 6.07) is -0.877. The number of unbranched alkanes of at least 4 members (excludes halogenated alkanes) is 14. The van der Waals surface area contributed by atoms with Gasteiger partial charge in [-0.2, -0.15) is 0 Å². The summed E-state index contributed by atoms with van der Waals surface area (Å²) in [7, 11) is 1.52. The molecule has 3 N–H and O–H groups in total. The third kappa shape index (κ3) is 43.5. The lowest BCUT2D eigenvalue weighted by Gasteiger charge is -2.25. The third-order valence-electron chi connectivity index (χ3n) is 9.79. The Morgan fingerprint density at radius 2 is 1.02 bits per heavy atom. The van der Waals surface area contributed by atoms with Gasteiger partial charge in [0, 0.05) is 6.42 Å². The maximum absolute atomic E-state index is 12.9. The predicted molar refractivity (Wildman–Crippen MR) is 258 cm³/mol. The number of nitrogens with zero attached hydrogens (tertiary/aromatic N) is 1. The van der Waals surface area contributed by atoms with Crippen molar-refractivity contribution in [3.63, 3.8) is 0 Å². The highest BCUT2D eigenvalue weighted by Crippen LogP contribution is 2.43. The number of rotatable bonds is 41. The van der Waals surface area contributed by atoms with Gasteiger partial charge in [-0.25, -0.2) is 4.57 Å². The molecule has 0 spiro atoms. The number of phosphoric ester groups is 1. The molecule has 0 saturated carbocycles. The van der Waals surface area contributed by atoms with E-state index < -0.39 is 20.0 Å². The van der Waals surface area contributed by atoms with Crippen LogP contribution in [0.15, 0.2) is 97.2 Å². The van der Waals surface area contributed by atoms with Crippen LogP contribution in [0.5, 0.6) is 0 Å². The molecule has 8 nitrogen and oxygen atoms in total. The molecule has 0 aliphatic heterocycles. The Balaban J connectivity index is 4.40. The molecule has 0 bridgehead atoms. The van der Waals surface area contributed by atoms with E-state index in [0.717, 1.165) is 89.9 Å². The average Bonchev–Trinajstić information content (AvgIpc) is 3.20. The van der Waals surface area contributed by atoms with Crippen molar-refractivity contribution in [3.8, 4) is 0 Å². The Bertz CT molecular complexity index is 1290. The van der Waals surface area contributed by atoms with Gasteiger partial charge in [0.25, 0.3) is 0 Å². The largest absolute Gasteiger partial charge is 0.472 e. The normalized spacial score (nSPS) is 15.1. The molecule has 0 aliphatic rings. The maximum Gasteiger partial charge on any atom is 0.472 e. The number of aliphatic hydroxyl groups excluding tert-OH is 1. The van der Waals surface area contributed by atoms with Crippen molar-refractivity contribution in [3.05, 3.63) is 97.2 Å². The molecule has 0 rings (SSSR count). The molecular weight excluding hydrogens is 768 g/mol. The predicted octanol–water partition coefficient (Wildman–Crippen LogP) is 13.5. The van der Waals surface area contributed by atoms with Crippen LogP contribution in [-0.2, 0) is 18.4 Å². The fraction of sp³-hybridized carbons (Fsp3) is 0.667. The lowest BCUT2D eigenvalue weighted by Crippen LogP contribution is -2.45. The highest BCUT2D eigenvalue weighted by molar-refractivity contribution is 7.47. The molecule has 0 aromatic carbocycles. The molecule has 3 unspecified atom stereocenters. The van der Waals surface area contributed by atoms with Crippen LogP contribution < -0.4 is 5.32 Å². The zero-order valence-electron chi connectivity index (χ0n) is 38.9. The summed E-state index contributed by atoms with van der Waals surface area (Å²) >= 11 is 0. The molecule has 0 fully saturated rings. The summed E-state index contributed by atoms with van der Waals surface area (Å²) in [4.78, 5) is 23.1. The van der Waals surface area contributed by atoms with E-state index in [1.807, 2.05) is 27.2 Å². The van der Waals surface area contributed by atoms with E-state index in [1.165, 1.54) is 57.8 Å². The number of allylic oxidation sites excluding steroid dienone is 15. The summed E-state index contributed by atoms with van der Waals surface area (Å²) in [6.07, 6.45) is 59.1. The van der Waals surface area contributed by atoms with E-state index in [0.29, 0.717) is 17.4 Å². The number of likely N-dealkylation sites (N-methyl/N-ethyl adjacent to an activating group) is 1. The van der Waals surface area contributed by atoms with Crippen molar-refractivity contribution < 1.29 is 32.9 Å². The third-order valence-corrected chi connectivity index (χ3v) is 10.8. The van der Waals surface area contributed by atoms with Crippen LogP contribution in [0, 0.1) is 0 Å². The van der Waals surface area contributed by atoms with E-state index in [9.17, 15) is 19.4 Å². The summed E-state index contributed by atoms with van der Waals surface area (Å²) in [5, 5.41) is 13.8. The molecule has 0 aromatic heterocycles. The summed E-state index contributed by atoms with van der Waals surface area (Å²) in [5.74, 6) is -0.208. The monoisotopic (exact) mass is 858 g/mol. The lowest BCUT2D eigenvalue weighted by molar-refractivity contribution is -0.870. The van der Waals surface area contributed by atoms with Gasteiger partial charge in [0.2, 0.25) is 5.91 Å². The number of carbonyl (C=O) groups is 1. The van der Waals surface area contributed by atoms with E-state index in [2.05, 4.69) is 104 Å². The van der Waals surface area contributed by atoms with Gasteiger partial charge in [-0.15, -0.1) is 0 Å². The quantitative estimate of drug-likeness (QED) is 0.0245. The molecular formula is C51H90N2O6P+. The number of carbonyl (C=O) groups excluding carboxylic acids is 1. The summed E-state index contributed by atoms with van der Waals surface area (Å²) < 4.78 is 23.5. The number of phosphoric acid groups is 1. The molecule has 0 heterocycles. The van der Waals surface area contributed by atoms with Crippen LogP contribution in [-0.4, -0.2) is 73.4 Å². The van der Waals surface area contributed by atoms with E-state index in [1.54, 1.807) is 6.08 Å². The second kappa shape index (κ2) is 41.8. The van der Waals surface area contributed by atoms with Crippen LogP contribution in [0.25, 0.3) is 0 Å². The molecule has 0 radical (unpaired) electrons. The minimum atomic E-state index is -4.36. The van der Waals surface area contributed by atoms with Crippen LogP contribution >= 0.6 is 7.82 Å². The van der Waals surface area contributed by atoms with Gasteiger partial charge in [-0.3, -0.25) is 13.8 Å². The van der Waals surface area contributed by atoms with Crippen LogP contribution in [0.1, 0.15) is 168 Å². The Labute approximate surface area is 369 Å². The Morgan fingerprint density at radius 3 is 1.53 bits per heavy atom. The maximum atomic E-state index is 12.9. The first kappa shape index (κ1) is 57.4. The van der Waals surface area contributed by atoms with E-state index in [4.69, 9.17) is 9.05 Å². The first-order valence-electron chi connectivity index (χ1n) is 23.6. The van der Waals surface area contributed by atoms with Crippen molar-refractivity contribution in [1.82, 2.24) is 5.32 Å². The summed E-state index contributed by atoms with van der Waals surface area (Å²) in [6.45, 7) is 4.63. The first-order chi connectivity index (χ1) is 29.0. The van der Waals surface area contributed by atoms with Crippen molar-refractivity contribution in [2.75, 3.05) is 40.9 Å². The Hall–Kier alpha value is -2.58. The van der Waals surface area contributed by atoms with E-state index >= 15 is 0 Å². The number of quaternary nitrogens is 1. The van der Waals surface area contributed by atoms with E-state index in [-0.39, 0.29) is 19.1 Å². The smallest absolute Gasteiger partial charge is 0.387 e. The molecule has 0 aromatic rings. The first-order valence-corrected chi connectivity index (χ1v) is 25.1. The topological polar surface area (TPSA) is 105 Å². The number of amides is 1. The van der Waals surface area contributed by atoms with Crippen LogP contribution in [0.2, 0.25) is 0 Å². The minimum absolute atomic E-state index is 0.0474. The number of hydrogen-bond acceptors (Lipinski definition) is 5. The van der Waals surface area contributed by atoms with Gasteiger partial charge in [-0.05, 0) is 83.5 Å². The molecule has 344 valence electrons. The van der Waals surface area contributed by atoms with Crippen molar-refractivity contribution in [2.45, 2.75) is 180 Å². The fourth-order valence-electron chi connectivity index (χ4n) is 6.06. The van der Waals surface area contributed by atoms with Gasteiger partial charge in [0.1, 0.15) is 13.2 Å². The average molecular weight is 858 g/mol. The standard InChI is InChI=1S/C51H89N2O6P/c1-6-8-10-12-14-16-18-20-21-22-23-24-25-26-27-28-29-30-31-33-35-37-39-41-43-45-51(55)52-49(48-59-60(56,57)58-47-46-53(3,4)5)50(54)44-42-40-38-36-34-32-19-17-15-13-11-9-7-2/h8,10,14,16,20-21,23-24,26-27,29-30,34,36,42,44,49-50,54H,6-7,9,11-13,15,17-19,22,25,28,31-33,35,37-41,43,45-48H2,1-5H3,(H-,52,55,56,57)/p+1/b10-8-,16-14-,21-20-,24-23-,27-26-,30-29-,36-34+,44-42+. The number of aliphatic hydroxyl groups is 1. The van der Waals surface area contributed by atoms with Gasteiger partial charge < -0.3 is 19.8 Å². The van der Waals surface area contributed by atoms with Crippen molar-refractivity contribution in [1.29, 1.82) is 0 Å². The molecule has 1 amide bonds. The molecule has 60 heavy (non-hydrogen) atoms. The van der Waals surface area contributed by atoms with Gasteiger partial charge >= 0.3 is 7.82 Å². The molecule has 0 aliphatic carbocycles. The zero-order valence-corrected chi connectivity index (χ0v) is 39.8.